The number of para-hydroxylation sites is 1. The molecule has 0 aliphatic carbocycles. The molecule has 156 valence electrons. The van der Waals surface area contributed by atoms with E-state index in [9.17, 15) is 4.79 Å². The van der Waals surface area contributed by atoms with Crippen LogP contribution in [0.1, 0.15) is 52.7 Å². The van der Waals surface area contributed by atoms with Gasteiger partial charge in [0.25, 0.3) is 0 Å². The van der Waals surface area contributed by atoms with E-state index in [2.05, 4.69) is 12.1 Å². The second kappa shape index (κ2) is 11.8. The van der Waals surface area contributed by atoms with Gasteiger partial charge in [0, 0.05) is 32.1 Å². The topological polar surface area (TPSA) is 48.3 Å². The summed E-state index contributed by atoms with van der Waals surface area (Å²) in [4.78, 5) is 21.5. The zero-order valence-corrected chi connectivity index (χ0v) is 19.0. The number of amidine groups is 1. The fraction of sp³-hybridized carbons (Fsp3) is 0.375. The average molecular weight is 395 g/mol. The molecule has 2 aromatic carbocycles. The van der Waals surface area contributed by atoms with E-state index in [0.29, 0.717) is 0 Å². The Morgan fingerprint density at radius 3 is 2.03 bits per heavy atom. The van der Waals surface area contributed by atoms with Gasteiger partial charge in [-0.05, 0) is 13.0 Å². The highest BCUT2D eigenvalue weighted by atomic mass is 16.2. The lowest BCUT2D eigenvalue weighted by Crippen LogP contribution is -2.47. The van der Waals surface area contributed by atoms with Crippen LogP contribution in [0.4, 0.5) is 5.69 Å². The average Bonchev–Trinajstić information content (AvgIpc) is 2.92. The van der Waals surface area contributed by atoms with E-state index >= 15 is 0 Å². The third kappa shape index (κ3) is 5.76. The molecule has 0 fully saturated rings. The van der Waals surface area contributed by atoms with Gasteiger partial charge in [0.1, 0.15) is 11.9 Å². The van der Waals surface area contributed by atoms with Crippen molar-refractivity contribution in [3.63, 3.8) is 0 Å². The van der Waals surface area contributed by atoms with Gasteiger partial charge in [-0.15, -0.1) is 0 Å². The minimum atomic E-state index is -0.186. The molecule has 1 aliphatic rings. The minimum Gasteiger partial charge on any atom is -0.273 e. The number of aliphatic imine (C=N–C) groups is 2. The van der Waals surface area contributed by atoms with Gasteiger partial charge in [-0.1, -0.05) is 76.2 Å². The number of hydrogen-bond acceptors (Lipinski definition) is 4. The lowest BCUT2D eigenvalue weighted by atomic mass is 10.0. The maximum atomic E-state index is 11.7. The quantitative estimate of drug-likeness (QED) is 0.614. The highest BCUT2D eigenvalue weighted by Crippen LogP contribution is 2.27. The highest BCUT2D eigenvalue weighted by molar-refractivity contribution is 6.17. The molecule has 0 spiro atoms. The van der Waals surface area contributed by atoms with Gasteiger partial charge in [-0.2, -0.15) is 0 Å². The number of hydrazine groups is 1. The molecule has 0 saturated heterocycles. The molecule has 2 aromatic rings. The Morgan fingerprint density at radius 1 is 0.897 bits per heavy atom. The van der Waals surface area contributed by atoms with Crippen molar-refractivity contribution in [3.05, 3.63) is 65.7 Å². The summed E-state index contributed by atoms with van der Waals surface area (Å²) in [7, 11) is 3.57. The van der Waals surface area contributed by atoms with Gasteiger partial charge >= 0.3 is 0 Å². The van der Waals surface area contributed by atoms with E-state index < -0.39 is 0 Å². The van der Waals surface area contributed by atoms with Crippen molar-refractivity contribution in [1.82, 2.24) is 10.0 Å². The Balaban J connectivity index is 0.000000989. The number of carbonyl (C=O) groups is 1. The van der Waals surface area contributed by atoms with Gasteiger partial charge in [0.15, 0.2) is 0 Å². The second-order valence-electron chi connectivity index (χ2n) is 6.07. The summed E-state index contributed by atoms with van der Waals surface area (Å²) in [6.45, 7) is 11.5. The molecule has 1 unspecified atom stereocenters. The Labute approximate surface area is 175 Å². The van der Waals surface area contributed by atoms with Crippen molar-refractivity contribution in [1.29, 1.82) is 0 Å². The molecule has 0 N–H and O–H groups in total. The highest BCUT2D eigenvalue weighted by Gasteiger charge is 2.25. The normalized spacial score (nSPS) is 14.4. The number of likely N-dealkylation sites (N-methyl/N-ethyl adjacent to an activating group) is 1. The number of carbonyl (C=O) groups excluding carboxylic acids is 1. The summed E-state index contributed by atoms with van der Waals surface area (Å²) in [5.74, 6) is 0.679. The first-order chi connectivity index (χ1) is 14.0. The standard InChI is InChI=1S/C20H22N4O.2C2H6/c1-14-20(24(4)23(3)15(2)25)22-18-13-9-8-12-17(18)19(21-14)16-10-6-5-7-11-16;2*1-2/h5-14H,1-4H3;2*1-2H3. The number of fused-ring (bicyclic) bond motifs is 1. The van der Waals surface area contributed by atoms with Gasteiger partial charge in [-0.25, -0.2) is 4.99 Å². The van der Waals surface area contributed by atoms with Gasteiger partial charge < -0.3 is 0 Å². The van der Waals surface area contributed by atoms with E-state index in [1.807, 2.05) is 84.1 Å². The zero-order chi connectivity index (χ0) is 22.0. The third-order valence-electron chi connectivity index (χ3n) is 4.38. The Morgan fingerprint density at radius 2 is 1.45 bits per heavy atom. The van der Waals surface area contributed by atoms with E-state index in [-0.39, 0.29) is 11.9 Å². The maximum Gasteiger partial charge on any atom is 0.237 e. The zero-order valence-electron chi connectivity index (χ0n) is 19.0. The molecule has 5 nitrogen and oxygen atoms in total. The molecule has 0 radical (unpaired) electrons. The molecule has 0 aromatic heterocycles. The molecule has 5 heteroatoms. The molecule has 0 bridgehead atoms. The van der Waals surface area contributed by atoms with Gasteiger partial charge in [-0.3, -0.25) is 19.8 Å². The fourth-order valence-electron chi connectivity index (χ4n) is 2.84. The first-order valence-electron chi connectivity index (χ1n) is 10.3. The Hall–Kier alpha value is -2.95. The first-order valence-corrected chi connectivity index (χ1v) is 10.3. The molecular formula is C24H34N4O. The Bertz CT molecular complexity index is 843. The van der Waals surface area contributed by atoms with Crippen LogP contribution in [0.25, 0.3) is 0 Å². The van der Waals surface area contributed by atoms with Gasteiger partial charge in [0.05, 0.1) is 11.4 Å². The molecular weight excluding hydrogens is 360 g/mol. The number of hydrogen-bond donors (Lipinski definition) is 0. The summed E-state index contributed by atoms with van der Waals surface area (Å²) in [5, 5.41) is 3.31. The van der Waals surface area contributed by atoms with Crippen molar-refractivity contribution in [2.45, 2.75) is 47.6 Å². The first kappa shape index (κ1) is 24.1. The molecule has 29 heavy (non-hydrogen) atoms. The summed E-state index contributed by atoms with van der Waals surface area (Å²) in [5.41, 5.74) is 3.82. The lowest BCUT2D eigenvalue weighted by molar-refractivity contribution is -0.136. The van der Waals surface area contributed by atoms with E-state index in [1.165, 1.54) is 6.92 Å². The number of amides is 1. The molecule has 0 saturated carbocycles. The summed E-state index contributed by atoms with van der Waals surface area (Å²) < 4.78 is 0. The van der Waals surface area contributed by atoms with Crippen LogP contribution in [-0.4, -0.2) is 47.6 Å². The van der Waals surface area contributed by atoms with Crippen LogP contribution in [0.5, 0.6) is 0 Å². The molecule has 1 heterocycles. The minimum absolute atomic E-state index is 0.0535. The number of benzene rings is 2. The van der Waals surface area contributed by atoms with Crippen LogP contribution >= 0.6 is 0 Å². The van der Waals surface area contributed by atoms with Crippen molar-refractivity contribution in [2.24, 2.45) is 9.98 Å². The molecule has 1 amide bonds. The van der Waals surface area contributed by atoms with Crippen molar-refractivity contribution in [2.75, 3.05) is 14.1 Å². The van der Waals surface area contributed by atoms with E-state index in [4.69, 9.17) is 9.98 Å². The van der Waals surface area contributed by atoms with Crippen LogP contribution in [-0.2, 0) is 4.79 Å². The number of nitrogens with zero attached hydrogens (tertiary/aromatic N) is 4. The van der Waals surface area contributed by atoms with Crippen LogP contribution in [0.3, 0.4) is 0 Å². The SMILES string of the molecule is CC.CC.CC(=O)N(C)N(C)C1=Nc2ccccc2C(c2ccccc2)=NC1C. The van der Waals surface area contributed by atoms with Crippen LogP contribution in [0.15, 0.2) is 64.6 Å². The van der Waals surface area contributed by atoms with Crippen molar-refractivity contribution >= 4 is 23.1 Å². The van der Waals surface area contributed by atoms with Gasteiger partial charge in [0.2, 0.25) is 5.91 Å². The fourth-order valence-corrected chi connectivity index (χ4v) is 2.84. The molecule has 1 aliphatic heterocycles. The summed E-state index contributed by atoms with van der Waals surface area (Å²) >= 11 is 0. The smallest absolute Gasteiger partial charge is 0.237 e. The van der Waals surface area contributed by atoms with Crippen molar-refractivity contribution in [3.8, 4) is 0 Å². The maximum absolute atomic E-state index is 11.7. The summed E-state index contributed by atoms with van der Waals surface area (Å²) in [6.07, 6.45) is 0. The second-order valence-corrected chi connectivity index (χ2v) is 6.07. The van der Waals surface area contributed by atoms with Crippen LogP contribution in [0.2, 0.25) is 0 Å². The van der Waals surface area contributed by atoms with Crippen molar-refractivity contribution < 1.29 is 4.79 Å². The number of rotatable bonds is 1. The largest absolute Gasteiger partial charge is 0.273 e. The molecule has 1 atom stereocenters. The van der Waals surface area contributed by atoms with E-state index in [1.54, 1.807) is 17.1 Å². The predicted molar refractivity (Wildman–Crippen MR) is 124 cm³/mol. The summed E-state index contributed by atoms with van der Waals surface area (Å²) in [6, 6.07) is 17.9. The predicted octanol–water partition coefficient (Wildman–Crippen LogP) is 5.33. The Kier molecular flexibility index (Phi) is 9.80. The lowest BCUT2D eigenvalue weighted by Gasteiger charge is -2.31. The molecule has 3 rings (SSSR count). The third-order valence-corrected chi connectivity index (χ3v) is 4.38. The van der Waals surface area contributed by atoms with E-state index in [0.717, 1.165) is 28.4 Å². The van der Waals surface area contributed by atoms with Crippen LogP contribution in [0, 0.1) is 0 Å². The van der Waals surface area contributed by atoms with Crippen LogP contribution < -0.4 is 0 Å². The monoisotopic (exact) mass is 394 g/mol.